The van der Waals surface area contributed by atoms with Crippen LogP contribution in [0.1, 0.15) is 34.0 Å². The van der Waals surface area contributed by atoms with Crippen molar-refractivity contribution >= 4 is 20.9 Å². The predicted octanol–water partition coefficient (Wildman–Crippen LogP) is 6.33. The molecule has 1 aromatic heterocycles. The lowest BCUT2D eigenvalue weighted by Crippen LogP contribution is -2.37. The first-order valence-corrected chi connectivity index (χ1v) is 13.8. The van der Waals surface area contributed by atoms with Crippen molar-refractivity contribution in [2.75, 3.05) is 6.54 Å². The number of para-hydroxylation sites is 1. The van der Waals surface area contributed by atoms with Gasteiger partial charge < -0.3 is 0 Å². The van der Waals surface area contributed by atoms with Crippen molar-refractivity contribution in [2.45, 2.75) is 30.8 Å². The summed E-state index contributed by atoms with van der Waals surface area (Å²) in [6.45, 7) is 3.56. The SMILES string of the molecule is Cc1ccc(S(=O)(=O)n2c3c(c4ccccc42)CCN(Cc2ccccc2)[C@@H]3c2ccccc2)cc1. The van der Waals surface area contributed by atoms with Crippen molar-refractivity contribution in [1.82, 2.24) is 8.87 Å². The number of hydrogen-bond donors (Lipinski definition) is 0. The number of hydrogen-bond acceptors (Lipinski definition) is 3. The molecule has 0 spiro atoms. The Bertz CT molecular complexity index is 1620. The van der Waals surface area contributed by atoms with Crippen molar-refractivity contribution in [3.8, 4) is 0 Å². The molecule has 2 heterocycles. The van der Waals surface area contributed by atoms with Gasteiger partial charge in [0.05, 0.1) is 22.1 Å². The van der Waals surface area contributed by atoms with Crippen molar-refractivity contribution in [1.29, 1.82) is 0 Å². The molecule has 0 saturated heterocycles. The number of rotatable bonds is 5. The molecule has 36 heavy (non-hydrogen) atoms. The highest BCUT2D eigenvalue weighted by atomic mass is 32.2. The molecular formula is C31H28N2O2S. The molecule has 180 valence electrons. The van der Waals surface area contributed by atoms with Gasteiger partial charge in [-0.25, -0.2) is 12.4 Å². The Labute approximate surface area is 212 Å². The third-order valence-corrected chi connectivity index (χ3v) is 8.89. The monoisotopic (exact) mass is 492 g/mol. The minimum absolute atomic E-state index is 0.192. The van der Waals surface area contributed by atoms with Gasteiger partial charge in [0.1, 0.15) is 0 Å². The van der Waals surface area contributed by atoms with E-state index in [0.29, 0.717) is 4.90 Å². The quantitative estimate of drug-likeness (QED) is 0.288. The Balaban J connectivity index is 1.62. The lowest BCUT2D eigenvalue weighted by molar-refractivity contribution is 0.201. The van der Waals surface area contributed by atoms with E-state index in [1.54, 1.807) is 16.1 Å². The van der Waals surface area contributed by atoms with Crippen molar-refractivity contribution in [3.63, 3.8) is 0 Å². The van der Waals surface area contributed by atoms with Gasteiger partial charge in [-0.15, -0.1) is 0 Å². The molecule has 6 rings (SSSR count). The average molecular weight is 493 g/mol. The maximum atomic E-state index is 14.3. The van der Waals surface area contributed by atoms with Crippen LogP contribution in [0.3, 0.4) is 0 Å². The zero-order valence-electron chi connectivity index (χ0n) is 20.2. The number of aryl methyl sites for hydroxylation is 1. The van der Waals surface area contributed by atoms with E-state index >= 15 is 0 Å². The molecule has 0 fully saturated rings. The van der Waals surface area contributed by atoms with Gasteiger partial charge in [0.2, 0.25) is 0 Å². The number of aromatic nitrogens is 1. The lowest BCUT2D eigenvalue weighted by Gasteiger charge is -2.37. The van der Waals surface area contributed by atoms with Crippen LogP contribution in [0, 0.1) is 6.92 Å². The van der Waals surface area contributed by atoms with Gasteiger partial charge in [0.25, 0.3) is 10.0 Å². The summed E-state index contributed by atoms with van der Waals surface area (Å²) >= 11 is 0. The van der Waals surface area contributed by atoms with Crippen LogP contribution in [0.4, 0.5) is 0 Å². The standard InChI is InChI=1S/C31H28N2O2S/c1-23-16-18-26(19-17-23)36(34,35)33-29-15-9-8-14-27(29)28-20-21-32(22-24-10-4-2-5-11-24)30(31(28)33)25-12-6-3-7-13-25/h2-19,30H,20-22H2,1H3/t30-/m1/s1. The zero-order valence-corrected chi connectivity index (χ0v) is 21.0. The van der Waals surface area contributed by atoms with Gasteiger partial charge in [-0.3, -0.25) is 4.90 Å². The van der Waals surface area contributed by atoms with Gasteiger partial charge in [-0.2, -0.15) is 0 Å². The van der Waals surface area contributed by atoms with E-state index in [2.05, 4.69) is 47.4 Å². The molecule has 4 nitrogen and oxygen atoms in total. The molecule has 1 aliphatic rings. The molecular weight excluding hydrogens is 464 g/mol. The van der Waals surface area contributed by atoms with Gasteiger partial charge in [0.15, 0.2) is 0 Å². The van der Waals surface area contributed by atoms with Crippen LogP contribution in [0.15, 0.2) is 114 Å². The smallest absolute Gasteiger partial charge is 0.268 e. The summed E-state index contributed by atoms with van der Waals surface area (Å²) in [4.78, 5) is 2.72. The second-order valence-electron chi connectivity index (χ2n) is 9.48. The molecule has 0 aliphatic carbocycles. The summed E-state index contributed by atoms with van der Waals surface area (Å²) in [5.74, 6) is 0. The fraction of sp³-hybridized carbons (Fsp3) is 0.161. The van der Waals surface area contributed by atoms with Gasteiger partial charge in [-0.1, -0.05) is 96.6 Å². The topological polar surface area (TPSA) is 42.3 Å². The molecule has 5 aromatic rings. The molecule has 1 atom stereocenters. The van der Waals surface area contributed by atoms with Crippen LogP contribution >= 0.6 is 0 Å². The average Bonchev–Trinajstić information content (AvgIpc) is 3.25. The fourth-order valence-electron chi connectivity index (χ4n) is 5.46. The van der Waals surface area contributed by atoms with E-state index in [0.717, 1.165) is 52.8 Å². The van der Waals surface area contributed by atoms with Crippen LogP contribution < -0.4 is 0 Å². The van der Waals surface area contributed by atoms with Crippen LogP contribution in [0.2, 0.25) is 0 Å². The number of nitrogens with zero attached hydrogens (tertiary/aromatic N) is 2. The van der Waals surface area contributed by atoms with Crippen LogP contribution in [0.5, 0.6) is 0 Å². The summed E-state index contributed by atoms with van der Waals surface area (Å²) in [6.07, 6.45) is 0.794. The lowest BCUT2D eigenvalue weighted by atomic mass is 9.92. The molecule has 0 N–H and O–H groups in total. The van der Waals surface area contributed by atoms with Gasteiger partial charge >= 0.3 is 0 Å². The third kappa shape index (κ3) is 3.85. The van der Waals surface area contributed by atoms with Crippen molar-refractivity contribution in [3.05, 3.63) is 137 Å². The van der Waals surface area contributed by atoms with Gasteiger partial charge in [-0.05, 0) is 48.2 Å². The number of benzene rings is 4. The summed E-state index contributed by atoms with van der Waals surface area (Å²) in [7, 11) is -3.83. The third-order valence-electron chi connectivity index (χ3n) is 7.15. The Morgan fingerprint density at radius 3 is 2.14 bits per heavy atom. The van der Waals surface area contributed by atoms with Crippen LogP contribution in [-0.2, 0) is 23.0 Å². The molecule has 0 bridgehead atoms. The van der Waals surface area contributed by atoms with Gasteiger partial charge in [0, 0.05) is 18.5 Å². The van der Waals surface area contributed by atoms with E-state index in [9.17, 15) is 8.42 Å². The van der Waals surface area contributed by atoms with E-state index in [-0.39, 0.29) is 6.04 Å². The summed E-state index contributed by atoms with van der Waals surface area (Å²) in [5, 5.41) is 1.02. The molecule has 0 unspecified atom stereocenters. The molecule has 5 heteroatoms. The highest BCUT2D eigenvalue weighted by Crippen LogP contribution is 2.42. The first-order chi connectivity index (χ1) is 17.5. The Morgan fingerprint density at radius 2 is 1.42 bits per heavy atom. The molecule has 0 radical (unpaired) electrons. The zero-order chi connectivity index (χ0) is 24.7. The van der Waals surface area contributed by atoms with Crippen molar-refractivity contribution < 1.29 is 8.42 Å². The van der Waals surface area contributed by atoms with Crippen molar-refractivity contribution in [2.24, 2.45) is 0 Å². The second kappa shape index (κ2) is 9.08. The Hall–Kier alpha value is -3.67. The second-order valence-corrected chi connectivity index (χ2v) is 11.3. The highest BCUT2D eigenvalue weighted by molar-refractivity contribution is 7.90. The largest absolute Gasteiger partial charge is 0.286 e. The van der Waals surface area contributed by atoms with E-state index in [4.69, 9.17) is 0 Å². The van der Waals surface area contributed by atoms with Crippen LogP contribution in [0.25, 0.3) is 10.9 Å². The molecule has 4 aromatic carbocycles. The molecule has 0 saturated carbocycles. The number of fused-ring (bicyclic) bond motifs is 3. The summed E-state index contributed by atoms with van der Waals surface area (Å²) in [5.41, 5.74) is 6.06. The first kappa shape index (κ1) is 22.8. The Morgan fingerprint density at radius 1 is 0.778 bits per heavy atom. The molecule has 1 aliphatic heterocycles. The van der Waals surface area contributed by atoms with E-state index in [1.165, 1.54) is 5.56 Å². The van der Waals surface area contributed by atoms with Crippen LogP contribution in [-0.4, -0.2) is 23.8 Å². The minimum Gasteiger partial charge on any atom is -0.286 e. The fourth-order valence-corrected chi connectivity index (χ4v) is 7.04. The van der Waals surface area contributed by atoms with E-state index < -0.39 is 10.0 Å². The predicted molar refractivity (Wildman–Crippen MR) is 145 cm³/mol. The highest BCUT2D eigenvalue weighted by Gasteiger charge is 2.37. The maximum absolute atomic E-state index is 14.3. The minimum atomic E-state index is -3.83. The molecule has 0 amide bonds. The van der Waals surface area contributed by atoms with E-state index in [1.807, 2.05) is 61.5 Å². The Kier molecular flexibility index (Phi) is 5.75. The first-order valence-electron chi connectivity index (χ1n) is 12.3. The normalized spacial score (nSPS) is 16.2. The summed E-state index contributed by atoms with van der Waals surface area (Å²) < 4.78 is 30.2. The maximum Gasteiger partial charge on any atom is 0.268 e. The summed E-state index contributed by atoms with van der Waals surface area (Å²) in [6, 6.07) is 35.6.